The summed E-state index contributed by atoms with van der Waals surface area (Å²) in [6.07, 6.45) is 2.11. The van der Waals surface area contributed by atoms with Crippen LogP contribution in [-0.4, -0.2) is 76.6 Å². The number of carbonyl (C=O) groups excluding carboxylic acids is 1. The third-order valence-electron chi connectivity index (χ3n) is 5.06. The fourth-order valence-electron chi connectivity index (χ4n) is 3.50. The van der Waals surface area contributed by atoms with Gasteiger partial charge in [-0.25, -0.2) is 0 Å². The maximum absolute atomic E-state index is 12.4. The minimum atomic E-state index is 0.00345. The minimum absolute atomic E-state index is 0.00345. The summed E-state index contributed by atoms with van der Waals surface area (Å²) in [5.74, 6) is 0.657. The van der Waals surface area contributed by atoms with Crippen LogP contribution in [-0.2, 0) is 4.74 Å². The third-order valence-corrected chi connectivity index (χ3v) is 5.06. The first kappa shape index (κ1) is 15.4. The van der Waals surface area contributed by atoms with Gasteiger partial charge in [0, 0.05) is 32.2 Å². The summed E-state index contributed by atoms with van der Waals surface area (Å²) >= 11 is 0. The molecule has 2 saturated heterocycles. The van der Waals surface area contributed by atoms with Crippen LogP contribution in [0.3, 0.4) is 0 Å². The Hall–Kier alpha value is -1.47. The van der Waals surface area contributed by atoms with Crippen molar-refractivity contribution in [2.24, 2.45) is 5.92 Å². The maximum atomic E-state index is 12.4. The fourth-order valence-corrected chi connectivity index (χ4v) is 3.50. The van der Waals surface area contributed by atoms with Crippen LogP contribution in [0.25, 0.3) is 0 Å². The molecule has 1 atom stereocenters. The molecule has 1 N–H and O–H groups in total. The molecule has 0 bridgehead atoms. The van der Waals surface area contributed by atoms with Crippen LogP contribution in [0.2, 0.25) is 0 Å². The van der Waals surface area contributed by atoms with E-state index in [0.29, 0.717) is 23.3 Å². The van der Waals surface area contributed by atoms with Gasteiger partial charge in [0.05, 0.1) is 18.9 Å². The third kappa shape index (κ3) is 3.15. The molecule has 7 heteroatoms. The van der Waals surface area contributed by atoms with Crippen LogP contribution >= 0.6 is 0 Å². The quantitative estimate of drug-likeness (QED) is 0.889. The lowest BCUT2D eigenvalue weighted by molar-refractivity contribution is -0.000990. The molecule has 22 heavy (non-hydrogen) atoms. The number of nitrogens with zero attached hydrogens (tertiary/aromatic N) is 4. The van der Waals surface area contributed by atoms with E-state index in [-0.39, 0.29) is 5.91 Å². The number of piperidine rings is 1. The van der Waals surface area contributed by atoms with Crippen LogP contribution in [0, 0.1) is 12.8 Å². The molecule has 1 aromatic heterocycles. The Morgan fingerprint density at radius 1 is 1.23 bits per heavy atom. The van der Waals surface area contributed by atoms with Crippen molar-refractivity contribution in [3.8, 4) is 0 Å². The highest BCUT2D eigenvalue weighted by molar-refractivity contribution is 5.93. The Morgan fingerprint density at radius 3 is 2.50 bits per heavy atom. The second-order valence-electron chi connectivity index (χ2n) is 6.28. The lowest BCUT2D eigenvalue weighted by atomic mass is 9.89. The van der Waals surface area contributed by atoms with Crippen LogP contribution in [0.4, 0.5) is 0 Å². The number of nitrogens with one attached hydrogen (secondary N) is 1. The van der Waals surface area contributed by atoms with Gasteiger partial charge >= 0.3 is 0 Å². The molecule has 0 radical (unpaired) electrons. The molecular weight excluding hydrogens is 282 g/mol. The molecule has 0 unspecified atom stereocenters. The number of amides is 1. The van der Waals surface area contributed by atoms with Gasteiger partial charge in [-0.3, -0.25) is 9.69 Å². The molecule has 122 valence electrons. The van der Waals surface area contributed by atoms with Crippen molar-refractivity contribution in [3.63, 3.8) is 0 Å². The van der Waals surface area contributed by atoms with E-state index in [9.17, 15) is 4.79 Å². The van der Waals surface area contributed by atoms with Crippen LogP contribution < -0.4 is 0 Å². The average Bonchev–Trinajstić information content (AvgIpc) is 3.00. The highest BCUT2D eigenvalue weighted by Gasteiger charge is 2.31. The highest BCUT2D eigenvalue weighted by Crippen LogP contribution is 2.25. The van der Waals surface area contributed by atoms with Gasteiger partial charge < -0.3 is 9.64 Å². The maximum Gasteiger partial charge on any atom is 0.276 e. The molecule has 0 aromatic carbocycles. The van der Waals surface area contributed by atoms with Crippen molar-refractivity contribution in [3.05, 3.63) is 11.4 Å². The summed E-state index contributed by atoms with van der Waals surface area (Å²) in [6.45, 7) is 9.48. The van der Waals surface area contributed by atoms with E-state index in [1.807, 2.05) is 11.8 Å². The number of aryl methyl sites for hydroxylation is 1. The largest absolute Gasteiger partial charge is 0.379 e. The monoisotopic (exact) mass is 307 g/mol. The number of morpholine rings is 1. The lowest BCUT2D eigenvalue weighted by Gasteiger charge is -2.40. The molecule has 1 amide bonds. The fraction of sp³-hybridized carbons (Fsp3) is 0.800. The van der Waals surface area contributed by atoms with Crippen molar-refractivity contribution in [1.29, 1.82) is 0 Å². The predicted octanol–water partition coefficient (Wildman–Crippen LogP) is 0.686. The SMILES string of the molecule is Cc1n[nH]nc1C(=O)N1CCC([C@@H](C)N2CCOCC2)CC1. The van der Waals surface area contributed by atoms with Gasteiger partial charge in [-0.05, 0) is 32.6 Å². The van der Waals surface area contributed by atoms with E-state index in [1.165, 1.54) is 0 Å². The number of hydrogen-bond acceptors (Lipinski definition) is 5. The Bertz CT molecular complexity index is 504. The average molecular weight is 307 g/mol. The van der Waals surface area contributed by atoms with E-state index in [1.54, 1.807) is 0 Å². The molecule has 3 rings (SSSR count). The first-order valence-electron chi connectivity index (χ1n) is 8.15. The van der Waals surface area contributed by atoms with E-state index in [2.05, 4.69) is 27.2 Å². The molecule has 3 heterocycles. The molecule has 7 nitrogen and oxygen atoms in total. The molecular formula is C15H25N5O2. The van der Waals surface area contributed by atoms with Gasteiger partial charge in [-0.15, -0.1) is 0 Å². The summed E-state index contributed by atoms with van der Waals surface area (Å²) in [5.41, 5.74) is 1.13. The van der Waals surface area contributed by atoms with Gasteiger partial charge in [0.2, 0.25) is 0 Å². The second kappa shape index (κ2) is 6.75. The molecule has 0 aliphatic carbocycles. The zero-order chi connectivity index (χ0) is 15.5. The Kier molecular flexibility index (Phi) is 4.73. The molecule has 1 aromatic rings. The number of ether oxygens (including phenoxy) is 1. The van der Waals surface area contributed by atoms with E-state index >= 15 is 0 Å². The Morgan fingerprint density at radius 2 is 1.91 bits per heavy atom. The Labute approximate surface area is 131 Å². The molecule has 0 saturated carbocycles. The van der Waals surface area contributed by atoms with Crippen molar-refractivity contribution >= 4 is 5.91 Å². The van der Waals surface area contributed by atoms with Gasteiger partial charge in [0.15, 0.2) is 5.69 Å². The number of rotatable bonds is 3. The Balaban J connectivity index is 1.53. The number of likely N-dealkylation sites (tertiary alicyclic amines) is 1. The second-order valence-corrected chi connectivity index (χ2v) is 6.28. The number of hydrogen-bond donors (Lipinski definition) is 1. The van der Waals surface area contributed by atoms with E-state index in [4.69, 9.17) is 4.74 Å². The summed E-state index contributed by atoms with van der Waals surface area (Å²) in [4.78, 5) is 16.9. The van der Waals surface area contributed by atoms with Crippen molar-refractivity contribution in [2.45, 2.75) is 32.7 Å². The highest BCUT2D eigenvalue weighted by atomic mass is 16.5. The van der Waals surface area contributed by atoms with Crippen LogP contribution in [0.5, 0.6) is 0 Å². The number of aromatic amines is 1. The van der Waals surface area contributed by atoms with Gasteiger partial charge in [-0.1, -0.05) is 0 Å². The van der Waals surface area contributed by atoms with Crippen LogP contribution in [0.1, 0.15) is 35.9 Å². The standard InChI is InChI=1S/C15H25N5O2/c1-11-14(17-18-16-11)15(21)20-5-3-13(4-6-20)12(2)19-7-9-22-10-8-19/h12-13H,3-10H2,1-2H3,(H,16,17,18)/t12-/m1/s1. The normalized spacial score (nSPS) is 22.7. The predicted molar refractivity (Wildman–Crippen MR) is 81.6 cm³/mol. The summed E-state index contributed by atoms with van der Waals surface area (Å²) in [7, 11) is 0. The number of H-pyrrole nitrogens is 1. The van der Waals surface area contributed by atoms with Gasteiger partial charge in [0.25, 0.3) is 5.91 Å². The molecule has 2 fully saturated rings. The molecule has 2 aliphatic heterocycles. The van der Waals surface area contributed by atoms with E-state index < -0.39 is 0 Å². The molecule has 2 aliphatic rings. The number of aromatic nitrogens is 3. The van der Waals surface area contributed by atoms with Crippen molar-refractivity contribution < 1.29 is 9.53 Å². The molecule has 0 spiro atoms. The smallest absolute Gasteiger partial charge is 0.276 e. The van der Waals surface area contributed by atoms with E-state index in [0.717, 1.165) is 52.2 Å². The minimum Gasteiger partial charge on any atom is -0.379 e. The van der Waals surface area contributed by atoms with Gasteiger partial charge in [0.1, 0.15) is 0 Å². The van der Waals surface area contributed by atoms with Crippen molar-refractivity contribution in [2.75, 3.05) is 39.4 Å². The zero-order valence-electron chi connectivity index (χ0n) is 13.4. The first-order valence-corrected chi connectivity index (χ1v) is 8.15. The lowest BCUT2D eigenvalue weighted by Crippen LogP contribution is -2.49. The summed E-state index contributed by atoms with van der Waals surface area (Å²) < 4.78 is 5.43. The number of carbonyl (C=O) groups is 1. The van der Waals surface area contributed by atoms with Crippen LogP contribution in [0.15, 0.2) is 0 Å². The summed E-state index contributed by atoms with van der Waals surface area (Å²) in [6, 6.07) is 0.565. The first-order chi connectivity index (χ1) is 10.7. The zero-order valence-corrected chi connectivity index (χ0v) is 13.4. The summed E-state index contributed by atoms with van der Waals surface area (Å²) in [5, 5.41) is 10.4. The van der Waals surface area contributed by atoms with Crippen molar-refractivity contribution in [1.82, 2.24) is 25.2 Å². The van der Waals surface area contributed by atoms with Gasteiger partial charge in [-0.2, -0.15) is 15.4 Å². The topological polar surface area (TPSA) is 74.4 Å².